The largest absolute Gasteiger partial charge is 0.444 e. The molecule has 0 aliphatic carbocycles. The van der Waals surface area contributed by atoms with Crippen LogP contribution in [0.5, 0.6) is 0 Å². The molecule has 3 heterocycles. The highest BCUT2D eigenvalue weighted by Gasteiger charge is 2.09. The quantitative estimate of drug-likeness (QED) is 0.479. The molecule has 29 heavy (non-hydrogen) atoms. The molecular formula is C19H15FN6O2S. The molecular weight excluding hydrogens is 395 g/mol. The first kappa shape index (κ1) is 18.7. The zero-order chi connectivity index (χ0) is 20.1. The number of carbonyl (C=O) groups excluding carboxylic acids is 1. The van der Waals surface area contributed by atoms with Gasteiger partial charge in [-0.1, -0.05) is 11.3 Å². The molecule has 0 radical (unpaired) electrons. The molecule has 4 aromatic rings. The van der Waals surface area contributed by atoms with E-state index in [4.69, 9.17) is 4.42 Å². The number of aromatic nitrogens is 4. The molecule has 0 bridgehead atoms. The van der Waals surface area contributed by atoms with Gasteiger partial charge in [0, 0.05) is 24.7 Å². The number of oxazole rings is 1. The Kier molecular flexibility index (Phi) is 5.52. The third-order valence-electron chi connectivity index (χ3n) is 3.94. The molecule has 0 saturated carbocycles. The number of carbonyl (C=O) groups is 1. The van der Waals surface area contributed by atoms with Crippen LogP contribution in [0.1, 0.15) is 16.1 Å². The number of nitrogens with zero attached hydrogens (tertiary/aromatic N) is 4. The zero-order valence-corrected chi connectivity index (χ0v) is 15.8. The Morgan fingerprint density at radius 3 is 2.76 bits per heavy atom. The maximum Gasteiger partial charge on any atom is 0.259 e. The Balaban J connectivity index is 1.28. The predicted octanol–water partition coefficient (Wildman–Crippen LogP) is 3.63. The summed E-state index contributed by atoms with van der Waals surface area (Å²) in [6, 6.07) is 9.37. The van der Waals surface area contributed by atoms with Gasteiger partial charge in [-0.15, -0.1) is 10.2 Å². The summed E-state index contributed by atoms with van der Waals surface area (Å²) in [7, 11) is 0. The van der Waals surface area contributed by atoms with Gasteiger partial charge in [-0.05, 0) is 36.4 Å². The lowest BCUT2D eigenvalue weighted by Crippen LogP contribution is -2.13. The van der Waals surface area contributed by atoms with Crippen molar-refractivity contribution in [2.75, 3.05) is 17.2 Å². The molecule has 0 aliphatic heterocycles. The number of nitrogens with one attached hydrogen (secondary N) is 2. The maximum atomic E-state index is 13.0. The number of benzene rings is 1. The van der Waals surface area contributed by atoms with Crippen LogP contribution in [0.3, 0.4) is 0 Å². The van der Waals surface area contributed by atoms with E-state index in [-0.39, 0.29) is 11.7 Å². The molecule has 1 aromatic carbocycles. The van der Waals surface area contributed by atoms with E-state index in [1.165, 1.54) is 29.7 Å². The lowest BCUT2D eigenvalue weighted by molar-refractivity contribution is 0.102. The van der Waals surface area contributed by atoms with Crippen molar-refractivity contribution in [2.45, 2.75) is 6.42 Å². The molecule has 2 N–H and O–H groups in total. The van der Waals surface area contributed by atoms with Gasteiger partial charge in [0.1, 0.15) is 23.4 Å². The number of anilines is 2. The van der Waals surface area contributed by atoms with Crippen molar-refractivity contribution in [3.05, 3.63) is 71.4 Å². The van der Waals surface area contributed by atoms with Crippen molar-refractivity contribution in [2.24, 2.45) is 0 Å². The van der Waals surface area contributed by atoms with Gasteiger partial charge in [0.05, 0.1) is 11.3 Å². The lowest BCUT2D eigenvalue weighted by Gasteiger charge is -2.05. The van der Waals surface area contributed by atoms with Gasteiger partial charge >= 0.3 is 0 Å². The number of amides is 1. The minimum absolute atomic E-state index is 0.295. The maximum absolute atomic E-state index is 13.0. The summed E-state index contributed by atoms with van der Waals surface area (Å²) >= 11 is 1.24. The summed E-state index contributed by atoms with van der Waals surface area (Å²) in [6.45, 7) is 0.582. The van der Waals surface area contributed by atoms with Crippen LogP contribution in [-0.2, 0) is 6.42 Å². The number of rotatable bonds is 7. The fourth-order valence-corrected chi connectivity index (χ4v) is 2.94. The molecule has 0 spiro atoms. The Bertz CT molecular complexity index is 1080. The first-order valence-electron chi connectivity index (χ1n) is 8.65. The summed E-state index contributed by atoms with van der Waals surface area (Å²) in [4.78, 5) is 20.7. The van der Waals surface area contributed by atoms with Crippen molar-refractivity contribution >= 4 is 28.2 Å². The van der Waals surface area contributed by atoms with E-state index >= 15 is 0 Å². The smallest absolute Gasteiger partial charge is 0.259 e. The van der Waals surface area contributed by atoms with Crippen LogP contribution >= 0.6 is 11.3 Å². The van der Waals surface area contributed by atoms with Crippen molar-refractivity contribution in [1.82, 2.24) is 20.2 Å². The molecule has 0 fully saturated rings. The molecule has 10 heteroatoms. The molecule has 0 unspecified atom stereocenters. The normalized spacial score (nSPS) is 10.7. The van der Waals surface area contributed by atoms with Gasteiger partial charge in [0.25, 0.3) is 5.91 Å². The average molecular weight is 410 g/mol. The third kappa shape index (κ3) is 4.79. The number of pyridine rings is 1. The summed E-state index contributed by atoms with van der Waals surface area (Å²) < 4.78 is 18.4. The van der Waals surface area contributed by atoms with Crippen LogP contribution in [0, 0.1) is 5.82 Å². The molecule has 0 saturated heterocycles. The van der Waals surface area contributed by atoms with Gasteiger partial charge in [-0.3, -0.25) is 10.1 Å². The van der Waals surface area contributed by atoms with Crippen molar-refractivity contribution in [3.8, 4) is 11.5 Å². The van der Waals surface area contributed by atoms with E-state index in [0.29, 0.717) is 35.4 Å². The van der Waals surface area contributed by atoms with Crippen LogP contribution in [0.2, 0.25) is 0 Å². The standard InChI is InChI=1S/C19H15FN6O2S/c20-14-4-1-12(2-5-14)18-24-15(10-28-18)7-8-21-16-6-3-13(9-22-16)17(27)25-19-26-23-11-29-19/h1-6,9-11H,7-8H2,(H,21,22)(H,25,26,27). The van der Waals surface area contributed by atoms with E-state index in [1.54, 1.807) is 36.0 Å². The fourth-order valence-electron chi connectivity index (χ4n) is 2.50. The highest BCUT2D eigenvalue weighted by Crippen LogP contribution is 2.19. The molecule has 146 valence electrons. The van der Waals surface area contributed by atoms with Crippen molar-refractivity contribution in [3.63, 3.8) is 0 Å². The Labute approximate surface area is 168 Å². The molecule has 4 rings (SSSR count). The molecule has 8 nitrogen and oxygen atoms in total. The van der Waals surface area contributed by atoms with Gasteiger partial charge < -0.3 is 9.73 Å². The van der Waals surface area contributed by atoms with Crippen LogP contribution in [0.25, 0.3) is 11.5 Å². The second kappa shape index (κ2) is 8.57. The lowest BCUT2D eigenvalue weighted by atomic mass is 10.2. The van der Waals surface area contributed by atoms with Gasteiger partial charge in [-0.25, -0.2) is 14.4 Å². The highest BCUT2D eigenvalue weighted by molar-refractivity contribution is 7.13. The van der Waals surface area contributed by atoms with Crippen LogP contribution < -0.4 is 10.6 Å². The minimum atomic E-state index is -0.305. The molecule has 1 amide bonds. The Hall–Kier alpha value is -3.66. The fraction of sp³-hybridized carbons (Fsp3) is 0.105. The summed E-state index contributed by atoms with van der Waals surface area (Å²) in [6.07, 6.45) is 3.68. The number of halogens is 1. The van der Waals surface area contributed by atoms with Gasteiger partial charge in [-0.2, -0.15) is 0 Å². The van der Waals surface area contributed by atoms with E-state index < -0.39 is 0 Å². The van der Waals surface area contributed by atoms with Crippen molar-refractivity contribution < 1.29 is 13.6 Å². The third-order valence-corrected chi connectivity index (χ3v) is 4.54. The SMILES string of the molecule is O=C(Nc1nncs1)c1ccc(NCCc2coc(-c3ccc(F)cc3)n2)nc1. The Morgan fingerprint density at radius 1 is 1.17 bits per heavy atom. The number of hydrogen-bond acceptors (Lipinski definition) is 8. The van der Waals surface area contributed by atoms with E-state index in [2.05, 4.69) is 30.8 Å². The number of hydrogen-bond donors (Lipinski definition) is 2. The average Bonchev–Trinajstić information content (AvgIpc) is 3.41. The van der Waals surface area contributed by atoms with Gasteiger partial charge in [0.15, 0.2) is 0 Å². The van der Waals surface area contributed by atoms with Crippen LogP contribution in [-0.4, -0.2) is 32.6 Å². The summed E-state index contributed by atoms with van der Waals surface area (Å²) in [5.74, 6) is 0.487. The molecule has 0 atom stereocenters. The Morgan fingerprint density at radius 2 is 2.03 bits per heavy atom. The van der Waals surface area contributed by atoms with E-state index in [0.717, 1.165) is 11.3 Å². The van der Waals surface area contributed by atoms with Crippen LogP contribution in [0.4, 0.5) is 15.3 Å². The monoisotopic (exact) mass is 410 g/mol. The first-order chi connectivity index (χ1) is 14.2. The van der Waals surface area contributed by atoms with Gasteiger partial charge in [0.2, 0.25) is 11.0 Å². The van der Waals surface area contributed by atoms with Crippen molar-refractivity contribution in [1.29, 1.82) is 0 Å². The van der Waals surface area contributed by atoms with Crippen LogP contribution in [0.15, 0.2) is 58.8 Å². The van der Waals surface area contributed by atoms with E-state index in [1.807, 2.05) is 0 Å². The zero-order valence-electron chi connectivity index (χ0n) is 15.0. The minimum Gasteiger partial charge on any atom is -0.444 e. The van der Waals surface area contributed by atoms with E-state index in [9.17, 15) is 9.18 Å². The highest BCUT2D eigenvalue weighted by atomic mass is 32.1. The second-order valence-electron chi connectivity index (χ2n) is 5.96. The predicted molar refractivity (Wildman–Crippen MR) is 106 cm³/mol. The summed E-state index contributed by atoms with van der Waals surface area (Å²) in [5, 5.41) is 13.7. The topological polar surface area (TPSA) is 106 Å². The molecule has 3 aromatic heterocycles. The molecule has 0 aliphatic rings. The first-order valence-corrected chi connectivity index (χ1v) is 9.53. The second-order valence-corrected chi connectivity index (χ2v) is 6.79. The summed E-state index contributed by atoms with van der Waals surface area (Å²) in [5.41, 5.74) is 3.45.